The average molecular weight is 233 g/mol. The summed E-state index contributed by atoms with van der Waals surface area (Å²) in [5, 5.41) is 2.75. The highest BCUT2D eigenvalue weighted by atomic mass is 16.5. The molecule has 1 fully saturated rings. The molecule has 1 amide bonds. The van der Waals surface area contributed by atoms with Gasteiger partial charge in [0, 0.05) is 18.2 Å². The van der Waals surface area contributed by atoms with Crippen LogP contribution in [-0.2, 0) is 9.59 Å². The topological polar surface area (TPSA) is 55.4 Å². The summed E-state index contributed by atoms with van der Waals surface area (Å²) in [6.07, 6.45) is 2.00. The molecule has 1 aromatic carbocycles. The molecule has 0 aliphatic heterocycles. The molecular weight excluding hydrogens is 218 g/mol. The normalized spacial score (nSPS) is 19.1. The van der Waals surface area contributed by atoms with Crippen molar-refractivity contribution in [1.29, 1.82) is 0 Å². The molecule has 0 heterocycles. The summed E-state index contributed by atoms with van der Waals surface area (Å²) in [7, 11) is 1.57. The largest absolute Gasteiger partial charge is 0.497 e. The van der Waals surface area contributed by atoms with Gasteiger partial charge in [0.15, 0.2) is 0 Å². The van der Waals surface area contributed by atoms with Gasteiger partial charge in [0.2, 0.25) is 5.91 Å². The first kappa shape index (κ1) is 11.6. The summed E-state index contributed by atoms with van der Waals surface area (Å²) in [5.74, 6) is 0.0490. The van der Waals surface area contributed by atoms with Gasteiger partial charge in [0.1, 0.15) is 11.5 Å². The second-order valence-electron chi connectivity index (χ2n) is 4.13. The Morgan fingerprint density at radius 2 is 2.29 bits per heavy atom. The van der Waals surface area contributed by atoms with E-state index in [0.29, 0.717) is 24.3 Å². The van der Waals surface area contributed by atoms with Crippen molar-refractivity contribution in [2.24, 2.45) is 5.92 Å². The van der Waals surface area contributed by atoms with Gasteiger partial charge in [-0.05, 0) is 25.0 Å². The molecule has 1 aliphatic rings. The fourth-order valence-corrected chi connectivity index (χ4v) is 2.02. The van der Waals surface area contributed by atoms with Gasteiger partial charge in [0.05, 0.1) is 13.0 Å². The first-order valence-electron chi connectivity index (χ1n) is 5.68. The quantitative estimate of drug-likeness (QED) is 0.812. The van der Waals surface area contributed by atoms with Crippen molar-refractivity contribution < 1.29 is 14.3 Å². The molecule has 0 saturated heterocycles. The number of hydrogen-bond acceptors (Lipinski definition) is 3. The zero-order valence-electron chi connectivity index (χ0n) is 9.73. The Hall–Kier alpha value is -1.84. The molecule has 4 heteroatoms. The highest BCUT2D eigenvalue weighted by molar-refractivity contribution is 6.08. The molecule has 1 N–H and O–H groups in total. The number of amides is 1. The standard InChI is InChI=1S/C13H15NO3/c1-17-10-5-2-4-9(8-10)14-13(16)11-6-3-7-12(11)15/h2,4-5,8,11H,3,6-7H2,1H3,(H,14,16). The number of carbonyl (C=O) groups excluding carboxylic acids is 2. The Kier molecular flexibility index (Phi) is 3.42. The van der Waals surface area contributed by atoms with E-state index >= 15 is 0 Å². The van der Waals surface area contributed by atoms with Gasteiger partial charge < -0.3 is 10.1 Å². The van der Waals surface area contributed by atoms with E-state index in [9.17, 15) is 9.59 Å². The van der Waals surface area contributed by atoms with Crippen molar-refractivity contribution in [3.05, 3.63) is 24.3 Å². The highest BCUT2D eigenvalue weighted by Crippen LogP contribution is 2.24. The van der Waals surface area contributed by atoms with Crippen LogP contribution < -0.4 is 10.1 Å². The zero-order chi connectivity index (χ0) is 12.3. The van der Waals surface area contributed by atoms with E-state index in [2.05, 4.69) is 5.32 Å². The summed E-state index contributed by atoms with van der Waals surface area (Å²) in [4.78, 5) is 23.3. The summed E-state index contributed by atoms with van der Waals surface area (Å²) >= 11 is 0. The van der Waals surface area contributed by atoms with Gasteiger partial charge in [-0.3, -0.25) is 9.59 Å². The van der Waals surface area contributed by atoms with Crippen LogP contribution in [0, 0.1) is 5.92 Å². The summed E-state index contributed by atoms with van der Waals surface area (Å²) < 4.78 is 5.06. The lowest BCUT2D eigenvalue weighted by molar-refractivity contribution is -0.129. The number of anilines is 1. The van der Waals surface area contributed by atoms with Gasteiger partial charge in [-0.1, -0.05) is 6.07 Å². The number of hydrogen-bond donors (Lipinski definition) is 1. The van der Waals surface area contributed by atoms with Crippen LogP contribution >= 0.6 is 0 Å². The predicted molar refractivity (Wildman–Crippen MR) is 64.0 cm³/mol. The van der Waals surface area contributed by atoms with E-state index in [1.165, 1.54) is 0 Å². The first-order valence-corrected chi connectivity index (χ1v) is 5.68. The molecule has 90 valence electrons. The van der Waals surface area contributed by atoms with Crippen LogP contribution in [0.4, 0.5) is 5.69 Å². The number of Topliss-reactive ketones (excluding diaryl/α,β-unsaturated/α-hetero) is 1. The maximum absolute atomic E-state index is 11.9. The van der Waals surface area contributed by atoms with Crippen molar-refractivity contribution in [3.63, 3.8) is 0 Å². The van der Waals surface area contributed by atoms with Crippen molar-refractivity contribution in [2.45, 2.75) is 19.3 Å². The lowest BCUT2D eigenvalue weighted by Gasteiger charge is -2.10. The number of methoxy groups -OCH3 is 1. The van der Waals surface area contributed by atoms with E-state index in [-0.39, 0.29) is 11.7 Å². The Morgan fingerprint density at radius 1 is 1.47 bits per heavy atom. The van der Waals surface area contributed by atoms with Crippen molar-refractivity contribution in [3.8, 4) is 5.75 Å². The Morgan fingerprint density at radius 3 is 2.94 bits per heavy atom. The Bertz CT molecular complexity index is 442. The third kappa shape index (κ3) is 2.64. The average Bonchev–Trinajstić information content (AvgIpc) is 2.76. The fraction of sp³-hybridized carbons (Fsp3) is 0.385. The SMILES string of the molecule is COc1cccc(NC(=O)C2CCCC2=O)c1. The first-order chi connectivity index (χ1) is 8.20. The lowest BCUT2D eigenvalue weighted by Crippen LogP contribution is -2.25. The highest BCUT2D eigenvalue weighted by Gasteiger charge is 2.30. The van der Waals surface area contributed by atoms with E-state index in [0.717, 1.165) is 6.42 Å². The molecule has 2 rings (SSSR count). The van der Waals surface area contributed by atoms with Crippen LogP contribution in [0.25, 0.3) is 0 Å². The van der Waals surface area contributed by atoms with Crippen LogP contribution in [-0.4, -0.2) is 18.8 Å². The zero-order valence-corrected chi connectivity index (χ0v) is 9.73. The molecule has 0 bridgehead atoms. The molecule has 1 atom stereocenters. The third-order valence-corrected chi connectivity index (χ3v) is 2.96. The molecule has 0 radical (unpaired) electrons. The molecule has 1 aliphatic carbocycles. The minimum Gasteiger partial charge on any atom is -0.497 e. The Labute approximate surface area is 100.0 Å². The molecule has 17 heavy (non-hydrogen) atoms. The number of ether oxygens (including phenoxy) is 1. The van der Waals surface area contributed by atoms with Gasteiger partial charge in [-0.2, -0.15) is 0 Å². The van der Waals surface area contributed by atoms with E-state index in [1.54, 1.807) is 31.4 Å². The number of rotatable bonds is 3. The summed E-state index contributed by atoms with van der Waals surface area (Å²) in [6, 6.07) is 7.11. The van der Waals surface area contributed by atoms with Crippen LogP contribution in [0.5, 0.6) is 5.75 Å². The predicted octanol–water partition coefficient (Wildman–Crippen LogP) is 2.00. The molecule has 1 aromatic rings. The molecule has 0 spiro atoms. The third-order valence-electron chi connectivity index (χ3n) is 2.96. The van der Waals surface area contributed by atoms with Crippen molar-refractivity contribution in [2.75, 3.05) is 12.4 Å². The van der Waals surface area contributed by atoms with Gasteiger partial charge in [-0.15, -0.1) is 0 Å². The van der Waals surface area contributed by atoms with Crippen LogP contribution in [0.15, 0.2) is 24.3 Å². The van der Waals surface area contributed by atoms with E-state index < -0.39 is 5.92 Å². The van der Waals surface area contributed by atoms with Gasteiger partial charge in [-0.25, -0.2) is 0 Å². The second kappa shape index (κ2) is 4.99. The van der Waals surface area contributed by atoms with E-state index in [1.807, 2.05) is 0 Å². The van der Waals surface area contributed by atoms with Gasteiger partial charge >= 0.3 is 0 Å². The fourth-order valence-electron chi connectivity index (χ4n) is 2.02. The maximum atomic E-state index is 11.9. The van der Waals surface area contributed by atoms with E-state index in [4.69, 9.17) is 4.74 Å². The van der Waals surface area contributed by atoms with Gasteiger partial charge in [0.25, 0.3) is 0 Å². The number of nitrogens with one attached hydrogen (secondary N) is 1. The number of benzene rings is 1. The molecular formula is C13H15NO3. The van der Waals surface area contributed by atoms with Crippen LogP contribution in [0.1, 0.15) is 19.3 Å². The minimum atomic E-state index is -0.471. The molecule has 4 nitrogen and oxygen atoms in total. The smallest absolute Gasteiger partial charge is 0.234 e. The molecule has 1 unspecified atom stereocenters. The second-order valence-corrected chi connectivity index (χ2v) is 4.13. The number of ketones is 1. The van der Waals surface area contributed by atoms with Crippen molar-refractivity contribution >= 4 is 17.4 Å². The number of carbonyl (C=O) groups is 2. The monoisotopic (exact) mass is 233 g/mol. The molecule has 1 saturated carbocycles. The maximum Gasteiger partial charge on any atom is 0.234 e. The van der Waals surface area contributed by atoms with Crippen LogP contribution in [0.2, 0.25) is 0 Å². The Balaban J connectivity index is 2.04. The lowest BCUT2D eigenvalue weighted by atomic mass is 10.1. The summed E-state index contributed by atoms with van der Waals surface area (Å²) in [5.41, 5.74) is 0.661. The van der Waals surface area contributed by atoms with Crippen LogP contribution in [0.3, 0.4) is 0 Å². The van der Waals surface area contributed by atoms with Crippen molar-refractivity contribution in [1.82, 2.24) is 0 Å². The molecule has 0 aromatic heterocycles. The summed E-state index contributed by atoms with van der Waals surface area (Å²) in [6.45, 7) is 0. The minimum absolute atomic E-state index is 0.0467.